The molecule has 194 valence electrons. The minimum atomic E-state index is -0.682. The van der Waals surface area contributed by atoms with Crippen LogP contribution < -0.4 is 0 Å². The Morgan fingerprint density at radius 2 is 1.15 bits per heavy atom. The van der Waals surface area contributed by atoms with Gasteiger partial charge in [0.2, 0.25) is 0 Å². The molecule has 0 rings (SSSR count). The van der Waals surface area contributed by atoms with Gasteiger partial charge in [-0.15, -0.1) is 0 Å². The van der Waals surface area contributed by atoms with Crippen LogP contribution in [-0.2, 0) is 14.3 Å². The average Bonchev–Trinajstić information content (AvgIpc) is 2.80. The van der Waals surface area contributed by atoms with Crippen molar-refractivity contribution in [3.63, 3.8) is 0 Å². The fraction of sp³-hybridized carbons (Fsp3) is 0.862. The van der Waals surface area contributed by atoms with E-state index in [1.165, 1.54) is 77.0 Å². The molecule has 0 aromatic rings. The Morgan fingerprint density at radius 3 is 1.70 bits per heavy atom. The molecule has 1 unspecified atom stereocenters. The molecular weight excluding hydrogens is 412 g/mol. The Bertz CT molecular complexity index is 472. The summed E-state index contributed by atoms with van der Waals surface area (Å²) in [4.78, 5) is 22.6. The highest BCUT2D eigenvalue weighted by Gasteiger charge is 2.12. The van der Waals surface area contributed by atoms with Crippen molar-refractivity contribution in [2.24, 2.45) is 0 Å². The van der Waals surface area contributed by atoms with E-state index in [1.807, 2.05) is 0 Å². The summed E-state index contributed by atoms with van der Waals surface area (Å²) in [6.07, 6.45) is 28.6. The number of carboxylic acid groups (broad SMARTS) is 1. The molecule has 0 amide bonds. The predicted molar refractivity (Wildman–Crippen MR) is 140 cm³/mol. The van der Waals surface area contributed by atoms with Crippen molar-refractivity contribution in [1.82, 2.24) is 0 Å². The van der Waals surface area contributed by atoms with Gasteiger partial charge in [-0.25, -0.2) is 0 Å². The summed E-state index contributed by atoms with van der Waals surface area (Å²) in [5, 5.41) is 8.62. The number of hydrogen-bond acceptors (Lipinski definition) is 3. The number of unbranched alkanes of at least 4 members (excludes halogenated alkanes) is 15. The van der Waals surface area contributed by atoms with Gasteiger partial charge in [0.1, 0.15) is 6.10 Å². The molecule has 0 heterocycles. The summed E-state index contributed by atoms with van der Waals surface area (Å²) >= 11 is 0. The van der Waals surface area contributed by atoms with Crippen LogP contribution in [0.1, 0.15) is 155 Å². The van der Waals surface area contributed by atoms with Gasteiger partial charge in [-0.3, -0.25) is 9.59 Å². The van der Waals surface area contributed by atoms with Gasteiger partial charge >= 0.3 is 11.9 Å². The molecule has 33 heavy (non-hydrogen) atoms. The fourth-order valence-electron chi connectivity index (χ4n) is 4.10. The summed E-state index contributed by atoms with van der Waals surface area (Å²) in [7, 11) is 0. The first-order valence-corrected chi connectivity index (χ1v) is 14.2. The second-order valence-corrected chi connectivity index (χ2v) is 9.55. The molecule has 0 radical (unpaired) electrons. The van der Waals surface area contributed by atoms with E-state index in [0.717, 1.165) is 51.4 Å². The molecule has 0 saturated heterocycles. The summed E-state index contributed by atoms with van der Waals surface area (Å²) in [5.74, 6) is -0.693. The van der Waals surface area contributed by atoms with Crippen LogP contribution >= 0.6 is 0 Å². The van der Waals surface area contributed by atoms with Crippen molar-refractivity contribution >= 4 is 11.9 Å². The summed E-state index contributed by atoms with van der Waals surface area (Å²) in [6, 6.07) is 0. The van der Waals surface area contributed by atoms with Crippen LogP contribution in [0.5, 0.6) is 0 Å². The van der Waals surface area contributed by atoms with E-state index in [-0.39, 0.29) is 12.1 Å². The number of carbonyl (C=O) groups excluding carboxylic acids is 1. The minimum Gasteiger partial charge on any atom is -0.481 e. The Hall–Kier alpha value is -1.32. The Balaban J connectivity index is 3.49. The zero-order valence-corrected chi connectivity index (χ0v) is 22.0. The lowest BCUT2D eigenvalue weighted by Crippen LogP contribution is -2.17. The maximum absolute atomic E-state index is 12.1. The quantitative estimate of drug-likeness (QED) is 0.0827. The standard InChI is InChI=1S/C29H54O4/c1-3-5-6-7-8-9-10-14-17-20-23-26-29(32)33-27(4-2)24-21-18-15-12-11-13-16-19-22-25-28(30)31/h7-8,27H,3-6,9-26H2,1-2H3,(H,30,31)/b8-7-. The highest BCUT2D eigenvalue weighted by atomic mass is 16.5. The molecule has 4 nitrogen and oxygen atoms in total. The van der Waals surface area contributed by atoms with Gasteiger partial charge in [0.25, 0.3) is 0 Å². The van der Waals surface area contributed by atoms with Crippen molar-refractivity contribution in [3.8, 4) is 0 Å². The van der Waals surface area contributed by atoms with Crippen molar-refractivity contribution in [3.05, 3.63) is 12.2 Å². The Morgan fingerprint density at radius 1 is 0.667 bits per heavy atom. The third-order valence-corrected chi connectivity index (χ3v) is 6.31. The largest absolute Gasteiger partial charge is 0.481 e. The first-order chi connectivity index (χ1) is 16.1. The van der Waals surface area contributed by atoms with E-state index >= 15 is 0 Å². The molecule has 1 atom stereocenters. The molecule has 0 aliphatic heterocycles. The number of rotatable bonds is 25. The first kappa shape index (κ1) is 31.7. The maximum atomic E-state index is 12.1. The molecule has 0 spiro atoms. The van der Waals surface area contributed by atoms with E-state index in [2.05, 4.69) is 26.0 Å². The van der Waals surface area contributed by atoms with Crippen molar-refractivity contribution in [1.29, 1.82) is 0 Å². The monoisotopic (exact) mass is 466 g/mol. The zero-order valence-electron chi connectivity index (χ0n) is 22.0. The fourth-order valence-corrected chi connectivity index (χ4v) is 4.10. The van der Waals surface area contributed by atoms with E-state index in [1.54, 1.807) is 0 Å². The molecule has 0 fully saturated rings. The molecule has 1 N–H and O–H groups in total. The number of hydrogen-bond donors (Lipinski definition) is 1. The normalized spacial score (nSPS) is 12.3. The lowest BCUT2D eigenvalue weighted by molar-refractivity contribution is -0.149. The number of carboxylic acids is 1. The number of allylic oxidation sites excluding steroid dienone is 2. The van der Waals surface area contributed by atoms with Gasteiger partial charge in [-0.1, -0.05) is 103 Å². The highest BCUT2D eigenvalue weighted by molar-refractivity contribution is 5.69. The van der Waals surface area contributed by atoms with Crippen LogP contribution in [0.3, 0.4) is 0 Å². The van der Waals surface area contributed by atoms with Crippen molar-refractivity contribution in [2.75, 3.05) is 0 Å². The second kappa shape index (κ2) is 25.3. The highest BCUT2D eigenvalue weighted by Crippen LogP contribution is 2.16. The van der Waals surface area contributed by atoms with Crippen molar-refractivity contribution in [2.45, 2.75) is 161 Å². The predicted octanol–water partition coefficient (Wildman–Crippen LogP) is 9.16. The molecule has 0 aromatic heterocycles. The minimum absolute atomic E-state index is 0.0106. The van der Waals surface area contributed by atoms with Gasteiger partial charge in [0, 0.05) is 12.8 Å². The molecule has 0 aliphatic rings. The van der Waals surface area contributed by atoms with Crippen LogP contribution in [0.4, 0.5) is 0 Å². The number of aliphatic carboxylic acids is 1. The van der Waals surface area contributed by atoms with Crippen LogP contribution in [0, 0.1) is 0 Å². The molecule has 0 aliphatic carbocycles. The zero-order chi connectivity index (χ0) is 24.4. The van der Waals surface area contributed by atoms with Crippen LogP contribution in [0.15, 0.2) is 12.2 Å². The number of esters is 1. The SMILES string of the molecule is CCCC/C=C\CCCCCCCC(=O)OC(CC)CCCCCCCCCCCC(=O)O. The third kappa shape index (κ3) is 25.1. The van der Waals surface area contributed by atoms with Gasteiger partial charge in [0.15, 0.2) is 0 Å². The topological polar surface area (TPSA) is 63.6 Å². The lowest BCUT2D eigenvalue weighted by atomic mass is 10.0. The molecule has 0 saturated carbocycles. The van der Waals surface area contributed by atoms with Gasteiger partial charge in [-0.05, 0) is 51.4 Å². The molecular formula is C29H54O4. The maximum Gasteiger partial charge on any atom is 0.306 e. The molecule has 4 heteroatoms. The van der Waals surface area contributed by atoms with Crippen molar-refractivity contribution < 1.29 is 19.4 Å². The van der Waals surface area contributed by atoms with Gasteiger partial charge < -0.3 is 9.84 Å². The first-order valence-electron chi connectivity index (χ1n) is 14.2. The number of carbonyl (C=O) groups is 2. The second-order valence-electron chi connectivity index (χ2n) is 9.55. The van der Waals surface area contributed by atoms with Crippen LogP contribution in [-0.4, -0.2) is 23.1 Å². The Labute approximate surface area is 204 Å². The Kier molecular flexibility index (Phi) is 24.3. The third-order valence-electron chi connectivity index (χ3n) is 6.31. The average molecular weight is 467 g/mol. The summed E-state index contributed by atoms with van der Waals surface area (Å²) in [6.45, 7) is 4.34. The van der Waals surface area contributed by atoms with Crippen LogP contribution in [0.2, 0.25) is 0 Å². The molecule has 0 bridgehead atoms. The van der Waals surface area contributed by atoms with Gasteiger partial charge in [0.05, 0.1) is 0 Å². The summed E-state index contributed by atoms with van der Waals surface area (Å²) < 4.78 is 5.70. The number of ether oxygens (including phenoxy) is 1. The van der Waals surface area contributed by atoms with E-state index in [9.17, 15) is 9.59 Å². The van der Waals surface area contributed by atoms with Crippen LogP contribution in [0.25, 0.3) is 0 Å². The lowest BCUT2D eigenvalue weighted by Gasteiger charge is -2.16. The van der Waals surface area contributed by atoms with E-state index in [4.69, 9.17) is 9.84 Å². The summed E-state index contributed by atoms with van der Waals surface area (Å²) in [5.41, 5.74) is 0. The molecule has 0 aromatic carbocycles. The van der Waals surface area contributed by atoms with E-state index < -0.39 is 5.97 Å². The van der Waals surface area contributed by atoms with E-state index in [0.29, 0.717) is 12.8 Å². The van der Waals surface area contributed by atoms with Gasteiger partial charge in [-0.2, -0.15) is 0 Å². The smallest absolute Gasteiger partial charge is 0.306 e.